The van der Waals surface area contributed by atoms with Gasteiger partial charge in [0.05, 0.1) is 4.90 Å². The van der Waals surface area contributed by atoms with Crippen molar-refractivity contribution >= 4 is 38.6 Å². The van der Waals surface area contributed by atoms with Crippen molar-refractivity contribution in [2.45, 2.75) is 31.8 Å². The number of hydrogen-bond donors (Lipinski definition) is 1. The number of rotatable bonds is 6. The number of carbonyl (C=O) groups is 2. The van der Waals surface area contributed by atoms with Crippen LogP contribution in [-0.4, -0.2) is 44.8 Å². The lowest BCUT2D eigenvalue weighted by atomic mass is 10.1. The first-order valence-electron chi connectivity index (χ1n) is 9.55. The molecule has 0 radical (unpaired) electrons. The van der Waals surface area contributed by atoms with E-state index < -0.39 is 28.0 Å². The first-order chi connectivity index (χ1) is 14.5. The fraction of sp³-hybridized carbons (Fsp3) is 0.273. The Labute approximate surface area is 180 Å². The molecule has 1 N–H and O–H groups in total. The van der Waals surface area contributed by atoms with Crippen molar-refractivity contribution in [2.75, 3.05) is 19.4 Å². The maximum atomic E-state index is 12.6. The zero-order valence-corrected chi connectivity index (χ0v) is 18.7. The van der Waals surface area contributed by atoms with Gasteiger partial charge in [0.1, 0.15) is 5.58 Å². The number of benzene rings is 2. The molecule has 1 heterocycles. The molecule has 0 aliphatic carbocycles. The number of hydrogen-bond acceptors (Lipinski definition) is 6. The molecule has 0 spiro atoms. The molecular formula is C22H24N2O6S. The van der Waals surface area contributed by atoms with Crippen molar-refractivity contribution in [1.29, 1.82) is 0 Å². The molecular weight excluding hydrogens is 420 g/mol. The summed E-state index contributed by atoms with van der Waals surface area (Å²) in [4.78, 5) is 25.2. The number of ether oxygens (including phenoxy) is 1. The third kappa shape index (κ3) is 4.47. The van der Waals surface area contributed by atoms with E-state index in [9.17, 15) is 18.0 Å². The Bertz CT molecular complexity index is 1260. The van der Waals surface area contributed by atoms with Gasteiger partial charge in [0, 0.05) is 30.7 Å². The average Bonchev–Trinajstić information content (AvgIpc) is 3.06. The predicted molar refractivity (Wildman–Crippen MR) is 117 cm³/mol. The molecule has 8 nitrogen and oxygen atoms in total. The number of anilines is 1. The minimum atomic E-state index is -3.66. The molecule has 1 amide bonds. The molecule has 1 atom stereocenters. The second-order valence-electron chi connectivity index (χ2n) is 7.35. The minimum Gasteiger partial charge on any atom is -0.449 e. The number of fused-ring (bicyclic) bond motifs is 1. The van der Waals surface area contributed by atoms with Crippen molar-refractivity contribution in [2.24, 2.45) is 0 Å². The lowest BCUT2D eigenvalue weighted by molar-refractivity contribution is -0.123. The van der Waals surface area contributed by atoms with Crippen molar-refractivity contribution in [3.63, 3.8) is 0 Å². The average molecular weight is 445 g/mol. The summed E-state index contributed by atoms with van der Waals surface area (Å²) < 4.78 is 36.7. The van der Waals surface area contributed by atoms with Crippen LogP contribution in [0.25, 0.3) is 11.0 Å². The number of para-hydroxylation sites is 1. The zero-order valence-electron chi connectivity index (χ0n) is 17.9. The molecule has 0 aliphatic heterocycles. The number of sulfonamides is 1. The van der Waals surface area contributed by atoms with Gasteiger partial charge in [-0.1, -0.05) is 24.3 Å². The normalized spacial score (nSPS) is 12.7. The second kappa shape index (κ2) is 8.52. The Kier molecular flexibility index (Phi) is 6.19. The van der Waals surface area contributed by atoms with E-state index in [0.29, 0.717) is 22.4 Å². The zero-order chi connectivity index (χ0) is 22.9. The number of esters is 1. The van der Waals surface area contributed by atoms with Gasteiger partial charge in [0.15, 0.2) is 6.10 Å². The molecule has 3 rings (SSSR count). The predicted octanol–water partition coefficient (Wildman–Crippen LogP) is 3.48. The standard InChI is InChI=1S/C22H24N2O6S/c1-13-10-11-16(31(27,28)24(4)5)12-18(13)23-21(25)15(3)29-22(26)20-14(2)17-8-6-7-9-19(17)30-20/h6-12,15H,1-5H3,(H,23,25)/t15-/m0/s1. The SMILES string of the molecule is Cc1ccc(S(=O)(=O)N(C)C)cc1NC(=O)[C@H](C)OC(=O)c1oc2ccccc2c1C. The smallest absolute Gasteiger partial charge is 0.375 e. The molecule has 0 bridgehead atoms. The maximum Gasteiger partial charge on any atom is 0.375 e. The minimum absolute atomic E-state index is 0.0381. The molecule has 0 unspecified atom stereocenters. The molecule has 0 saturated carbocycles. The van der Waals surface area contributed by atoms with Crippen LogP contribution in [0.4, 0.5) is 5.69 Å². The molecule has 3 aromatic rings. The highest BCUT2D eigenvalue weighted by molar-refractivity contribution is 7.89. The van der Waals surface area contributed by atoms with Crippen LogP contribution in [0.1, 0.15) is 28.6 Å². The van der Waals surface area contributed by atoms with E-state index in [2.05, 4.69) is 5.32 Å². The van der Waals surface area contributed by atoms with Crippen LogP contribution in [0.5, 0.6) is 0 Å². The highest BCUT2D eigenvalue weighted by Crippen LogP contribution is 2.26. The van der Waals surface area contributed by atoms with Gasteiger partial charge in [-0.05, 0) is 44.5 Å². The largest absolute Gasteiger partial charge is 0.449 e. The number of nitrogens with zero attached hydrogens (tertiary/aromatic N) is 1. The molecule has 31 heavy (non-hydrogen) atoms. The highest BCUT2D eigenvalue weighted by atomic mass is 32.2. The Morgan fingerprint density at radius 1 is 1.10 bits per heavy atom. The van der Waals surface area contributed by atoms with Crippen LogP contribution in [0.3, 0.4) is 0 Å². The van der Waals surface area contributed by atoms with E-state index >= 15 is 0 Å². The van der Waals surface area contributed by atoms with E-state index in [1.165, 1.54) is 33.2 Å². The molecule has 9 heteroatoms. The number of nitrogens with one attached hydrogen (secondary N) is 1. The quantitative estimate of drug-likeness (QED) is 0.584. The van der Waals surface area contributed by atoms with Gasteiger partial charge < -0.3 is 14.5 Å². The van der Waals surface area contributed by atoms with Gasteiger partial charge >= 0.3 is 5.97 Å². The monoisotopic (exact) mass is 444 g/mol. The van der Waals surface area contributed by atoms with Gasteiger partial charge in [-0.15, -0.1) is 0 Å². The van der Waals surface area contributed by atoms with Crippen LogP contribution >= 0.6 is 0 Å². The summed E-state index contributed by atoms with van der Waals surface area (Å²) in [6, 6.07) is 11.6. The number of amides is 1. The Morgan fingerprint density at radius 3 is 2.42 bits per heavy atom. The third-order valence-corrected chi connectivity index (χ3v) is 6.74. The summed E-state index contributed by atoms with van der Waals surface area (Å²) >= 11 is 0. The Morgan fingerprint density at radius 2 is 1.77 bits per heavy atom. The summed E-state index contributed by atoms with van der Waals surface area (Å²) in [6.45, 7) is 4.91. The van der Waals surface area contributed by atoms with Gasteiger partial charge in [-0.25, -0.2) is 17.5 Å². The maximum absolute atomic E-state index is 12.6. The van der Waals surface area contributed by atoms with Gasteiger partial charge in [0.2, 0.25) is 15.8 Å². The summed E-state index contributed by atoms with van der Waals surface area (Å²) in [5.41, 5.74) is 2.16. The van der Waals surface area contributed by atoms with Crippen LogP contribution in [0.2, 0.25) is 0 Å². The Balaban J connectivity index is 1.76. The van der Waals surface area contributed by atoms with Crippen molar-refractivity contribution in [3.05, 3.63) is 59.4 Å². The summed E-state index contributed by atoms with van der Waals surface area (Å²) in [5, 5.41) is 3.42. The summed E-state index contributed by atoms with van der Waals surface area (Å²) in [5.74, 6) is -1.31. The first-order valence-corrected chi connectivity index (χ1v) is 11.0. The highest BCUT2D eigenvalue weighted by Gasteiger charge is 2.25. The molecule has 0 aliphatic rings. The molecule has 2 aromatic carbocycles. The third-order valence-electron chi connectivity index (χ3n) is 4.93. The van der Waals surface area contributed by atoms with Crippen LogP contribution < -0.4 is 5.32 Å². The van der Waals surface area contributed by atoms with E-state index in [0.717, 1.165) is 9.69 Å². The molecule has 164 valence electrons. The lowest BCUT2D eigenvalue weighted by Gasteiger charge is -2.16. The molecule has 0 saturated heterocycles. The van der Waals surface area contributed by atoms with Crippen LogP contribution in [0.15, 0.2) is 51.8 Å². The second-order valence-corrected chi connectivity index (χ2v) is 9.51. The van der Waals surface area contributed by atoms with Crippen molar-refractivity contribution < 1.29 is 27.2 Å². The fourth-order valence-corrected chi connectivity index (χ4v) is 3.91. The number of aryl methyl sites for hydroxylation is 2. The summed E-state index contributed by atoms with van der Waals surface area (Å²) in [7, 11) is -0.809. The van der Waals surface area contributed by atoms with E-state index in [-0.39, 0.29) is 10.7 Å². The van der Waals surface area contributed by atoms with E-state index in [4.69, 9.17) is 9.15 Å². The Hall–Kier alpha value is -3.17. The van der Waals surface area contributed by atoms with Crippen LogP contribution in [0, 0.1) is 13.8 Å². The number of furan rings is 1. The van der Waals surface area contributed by atoms with Gasteiger partial charge in [0.25, 0.3) is 5.91 Å². The van der Waals surface area contributed by atoms with Gasteiger partial charge in [-0.3, -0.25) is 4.79 Å². The van der Waals surface area contributed by atoms with Crippen LogP contribution in [-0.2, 0) is 19.6 Å². The summed E-state index contributed by atoms with van der Waals surface area (Å²) in [6.07, 6.45) is -1.13. The molecule has 0 fully saturated rings. The lowest BCUT2D eigenvalue weighted by Crippen LogP contribution is -2.30. The van der Waals surface area contributed by atoms with Gasteiger partial charge in [-0.2, -0.15) is 0 Å². The molecule has 1 aromatic heterocycles. The fourth-order valence-electron chi connectivity index (χ4n) is 2.98. The van der Waals surface area contributed by atoms with Crippen molar-refractivity contribution in [1.82, 2.24) is 4.31 Å². The topological polar surface area (TPSA) is 106 Å². The van der Waals surface area contributed by atoms with E-state index in [1.54, 1.807) is 32.0 Å². The first kappa shape index (κ1) is 22.5. The van der Waals surface area contributed by atoms with Crippen molar-refractivity contribution in [3.8, 4) is 0 Å². The van der Waals surface area contributed by atoms with E-state index in [1.807, 2.05) is 12.1 Å². The number of carbonyl (C=O) groups excluding carboxylic acids is 2.